The molecule has 7 heteroatoms. The summed E-state index contributed by atoms with van der Waals surface area (Å²) < 4.78 is 6.32. The lowest BCUT2D eigenvalue weighted by Crippen LogP contribution is -2.37. The molecule has 0 aromatic heterocycles. The Bertz CT molecular complexity index is 911. The molecule has 1 amide bonds. The van der Waals surface area contributed by atoms with Crippen LogP contribution in [-0.4, -0.2) is 31.6 Å². The highest BCUT2D eigenvalue weighted by atomic mass is 127. The highest BCUT2D eigenvalue weighted by molar-refractivity contribution is 14.0. The molecule has 0 heterocycles. The van der Waals surface area contributed by atoms with Gasteiger partial charge in [-0.15, -0.1) is 24.0 Å². The largest absolute Gasteiger partial charge is 0.490 e. The quantitative estimate of drug-likeness (QED) is 0.256. The number of hydrogen-bond acceptors (Lipinski definition) is 3. The molecule has 0 unspecified atom stereocenters. The Kier molecular flexibility index (Phi) is 10.8. The zero-order valence-corrected chi connectivity index (χ0v) is 21.6. The van der Waals surface area contributed by atoms with Crippen LogP contribution in [0.2, 0.25) is 0 Å². The van der Waals surface area contributed by atoms with Gasteiger partial charge in [0.05, 0.1) is 12.6 Å². The molecule has 0 atom stereocenters. The highest BCUT2D eigenvalue weighted by Crippen LogP contribution is 2.27. The lowest BCUT2D eigenvalue weighted by Gasteiger charge is -2.18. The van der Waals surface area contributed by atoms with Crippen LogP contribution in [0.5, 0.6) is 5.75 Å². The molecule has 32 heavy (non-hydrogen) atoms. The maximum absolute atomic E-state index is 11.9. The summed E-state index contributed by atoms with van der Waals surface area (Å²) in [5.41, 5.74) is 3.96. The molecule has 2 aromatic rings. The van der Waals surface area contributed by atoms with Crippen molar-refractivity contribution in [3.63, 3.8) is 0 Å². The number of carbonyl (C=O) groups is 1. The van der Waals surface area contributed by atoms with E-state index in [0.29, 0.717) is 24.8 Å². The molecule has 1 saturated carbocycles. The van der Waals surface area contributed by atoms with Crippen molar-refractivity contribution in [3.05, 3.63) is 64.7 Å². The Balaban J connectivity index is 0.00000363. The smallest absolute Gasteiger partial charge is 0.251 e. The second-order valence-electron chi connectivity index (χ2n) is 7.96. The first-order valence-electron chi connectivity index (χ1n) is 11.2. The Labute approximate surface area is 208 Å². The van der Waals surface area contributed by atoms with Gasteiger partial charge in [0.2, 0.25) is 0 Å². The number of aliphatic imine (C=N–C) groups is 1. The average Bonchev–Trinajstić information content (AvgIpc) is 3.29. The number of benzene rings is 2. The van der Waals surface area contributed by atoms with Gasteiger partial charge in [-0.3, -0.25) is 4.79 Å². The van der Waals surface area contributed by atoms with Crippen LogP contribution in [0.15, 0.2) is 47.5 Å². The normalized spacial score (nSPS) is 13.9. The summed E-state index contributed by atoms with van der Waals surface area (Å²) in [6.45, 7) is 6.02. The fourth-order valence-electron chi connectivity index (χ4n) is 3.75. The van der Waals surface area contributed by atoms with Crippen LogP contribution in [-0.2, 0) is 13.1 Å². The van der Waals surface area contributed by atoms with Gasteiger partial charge in [0.25, 0.3) is 5.91 Å². The first-order chi connectivity index (χ1) is 15.1. The van der Waals surface area contributed by atoms with Crippen LogP contribution in [0.1, 0.15) is 59.7 Å². The van der Waals surface area contributed by atoms with E-state index in [9.17, 15) is 4.79 Å². The number of nitrogens with zero attached hydrogens (tertiary/aromatic N) is 1. The number of amides is 1. The Morgan fingerprint density at radius 1 is 1.12 bits per heavy atom. The highest BCUT2D eigenvalue weighted by Gasteiger charge is 2.18. The van der Waals surface area contributed by atoms with Crippen molar-refractivity contribution in [2.45, 2.75) is 58.7 Å². The number of rotatable bonds is 8. The molecule has 6 nitrogen and oxygen atoms in total. The summed E-state index contributed by atoms with van der Waals surface area (Å²) in [4.78, 5) is 16.6. The molecule has 3 N–H and O–H groups in total. The number of carbonyl (C=O) groups excluding carboxylic acids is 1. The van der Waals surface area contributed by atoms with Crippen molar-refractivity contribution in [1.29, 1.82) is 0 Å². The summed E-state index contributed by atoms with van der Waals surface area (Å²) in [7, 11) is 1.64. The van der Waals surface area contributed by atoms with E-state index in [1.807, 2.05) is 25.1 Å². The fraction of sp³-hybridized carbons (Fsp3) is 0.440. The van der Waals surface area contributed by atoms with Crippen LogP contribution in [0, 0.1) is 6.92 Å². The molecule has 1 fully saturated rings. The molecule has 0 radical (unpaired) electrons. The van der Waals surface area contributed by atoms with Gasteiger partial charge in [-0.2, -0.15) is 0 Å². The molecule has 0 bridgehead atoms. The van der Waals surface area contributed by atoms with Gasteiger partial charge < -0.3 is 20.7 Å². The summed E-state index contributed by atoms with van der Waals surface area (Å²) in [5.74, 6) is 1.61. The minimum Gasteiger partial charge on any atom is -0.490 e. The van der Waals surface area contributed by atoms with E-state index >= 15 is 0 Å². The molecule has 1 aliphatic rings. The van der Waals surface area contributed by atoms with Gasteiger partial charge >= 0.3 is 0 Å². The number of guanidine groups is 1. The SMILES string of the molecule is CCNC(=NCc1cccc(C(=O)NC)c1)NCc1ccc(C)cc1OC1CCCC1.I. The maximum Gasteiger partial charge on any atom is 0.251 e. The van der Waals surface area contributed by atoms with Crippen molar-refractivity contribution >= 4 is 35.8 Å². The van der Waals surface area contributed by atoms with E-state index in [2.05, 4.69) is 41.1 Å². The number of nitrogens with one attached hydrogen (secondary N) is 3. The van der Waals surface area contributed by atoms with Crippen LogP contribution in [0.3, 0.4) is 0 Å². The summed E-state index contributed by atoms with van der Waals surface area (Å²) in [5, 5.41) is 9.37. The molecule has 0 aliphatic heterocycles. The Morgan fingerprint density at radius 3 is 2.62 bits per heavy atom. The van der Waals surface area contributed by atoms with Gasteiger partial charge in [-0.1, -0.05) is 24.3 Å². The predicted octanol–water partition coefficient (Wildman–Crippen LogP) is 4.55. The van der Waals surface area contributed by atoms with Crippen molar-refractivity contribution < 1.29 is 9.53 Å². The van der Waals surface area contributed by atoms with Crippen molar-refractivity contribution in [2.24, 2.45) is 4.99 Å². The number of halogens is 1. The third-order valence-corrected chi connectivity index (χ3v) is 5.44. The molecule has 3 rings (SSSR count). The molecule has 0 spiro atoms. The van der Waals surface area contributed by atoms with Crippen LogP contribution >= 0.6 is 24.0 Å². The summed E-state index contributed by atoms with van der Waals surface area (Å²) >= 11 is 0. The zero-order valence-electron chi connectivity index (χ0n) is 19.2. The van der Waals surface area contributed by atoms with Gasteiger partial charge in [0, 0.05) is 31.3 Å². The molecule has 2 aromatic carbocycles. The van der Waals surface area contributed by atoms with Crippen LogP contribution in [0.25, 0.3) is 0 Å². The van der Waals surface area contributed by atoms with Crippen LogP contribution < -0.4 is 20.7 Å². The van der Waals surface area contributed by atoms with E-state index in [1.54, 1.807) is 13.1 Å². The topological polar surface area (TPSA) is 74.8 Å². The molecule has 174 valence electrons. The van der Waals surface area contributed by atoms with Gasteiger partial charge in [0.1, 0.15) is 5.75 Å². The summed E-state index contributed by atoms with van der Waals surface area (Å²) in [6.07, 6.45) is 5.11. The van der Waals surface area contributed by atoms with E-state index < -0.39 is 0 Å². The Hall–Kier alpha value is -2.29. The van der Waals surface area contributed by atoms with Gasteiger partial charge in [-0.25, -0.2) is 4.99 Å². The second-order valence-corrected chi connectivity index (χ2v) is 7.96. The number of ether oxygens (including phenoxy) is 1. The van der Waals surface area contributed by atoms with E-state index in [0.717, 1.165) is 42.2 Å². The molecular formula is C25H35IN4O2. The van der Waals surface area contributed by atoms with Gasteiger partial charge in [-0.05, 0) is 68.9 Å². The monoisotopic (exact) mass is 550 g/mol. The third-order valence-electron chi connectivity index (χ3n) is 5.44. The molecule has 0 saturated heterocycles. The number of hydrogen-bond donors (Lipinski definition) is 3. The number of aryl methyl sites for hydroxylation is 1. The standard InChI is InChI=1S/C25H34N4O2.HI/c1-4-27-25(28-16-19-8-7-9-20(15-19)24(30)26-3)29-17-21-13-12-18(2)14-23(21)31-22-10-5-6-11-22;/h7-9,12-15,22H,4-6,10-11,16-17H2,1-3H3,(H,26,30)(H2,27,28,29);1H. The Morgan fingerprint density at radius 2 is 1.91 bits per heavy atom. The lowest BCUT2D eigenvalue weighted by molar-refractivity contribution is 0.0963. The van der Waals surface area contributed by atoms with Gasteiger partial charge in [0.15, 0.2) is 5.96 Å². The third kappa shape index (κ3) is 7.69. The van der Waals surface area contributed by atoms with Crippen LogP contribution in [0.4, 0.5) is 0 Å². The fourth-order valence-corrected chi connectivity index (χ4v) is 3.75. The molecular weight excluding hydrogens is 515 g/mol. The second kappa shape index (κ2) is 13.3. The predicted molar refractivity (Wildman–Crippen MR) is 141 cm³/mol. The first-order valence-corrected chi connectivity index (χ1v) is 11.2. The summed E-state index contributed by atoms with van der Waals surface area (Å²) in [6, 6.07) is 13.9. The lowest BCUT2D eigenvalue weighted by atomic mass is 10.1. The van der Waals surface area contributed by atoms with E-state index in [4.69, 9.17) is 9.73 Å². The minimum atomic E-state index is -0.0926. The van der Waals surface area contributed by atoms with E-state index in [-0.39, 0.29) is 29.9 Å². The average molecular weight is 550 g/mol. The molecule has 1 aliphatic carbocycles. The first kappa shape index (κ1) is 26.0. The minimum absolute atomic E-state index is 0. The van der Waals surface area contributed by atoms with Crippen molar-refractivity contribution in [3.8, 4) is 5.75 Å². The van der Waals surface area contributed by atoms with E-state index in [1.165, 1.54) is 18.4 Å². The zero-order chi connectivity index (χ0) is 22.1. The maximum atomic E-state index is 11.9. The van der Waals surface area contributed by atoms with Crippen molar-refractivity contribution in [1.82, 2.24) is 16.0 Å². The van der Waals surface area contributed by atoms with Crippen molar-refractivity contribution in [2.75, 3.05) is 13.6 Å².